The average molecular weight is 309 g/mol. The van der Waals surface area contributed by atoms with Gasteiger partial charge < -0.3 is 14.6 Å². The number of hydrogen-bond donors (Lipinski definition) is 1. The summed E-state index contributed by atoms with van der Waals surface area (Å²) in [7, 11) is -0.900. The van der Waals surface area contributed by atoms with Crippen LogP contribution in [0.15, 0.2) is 0 Å². The van der Waals surface area contributed by atoms with Gasteiger partial charge >= 0.3 is 5.97 Å². The lowest BCUT2D eigenvalue weighted by atomic mass is 10.1. The third-order valence-electron chi connectivity index (χ3n) is 3.59. The number of methoxy groups -OCH3 is 2. The van der Waals surface area contributed by atoms with E-state index in [9.17, 15) is 13.2 Å². The van der Waals surface area contributed by atoms with Gasteiger partial charge in [-0.15, -0.1) is 0 Å². The fourth-order valence-electron chi connectivity index (χ4n) is 2.57. The predicted molar refractivity (Wildman–Crippen MR) is 72.6 cm³/mol. The van der Waals surface area contributed by atoms with Crippen molar-refractivity contribution in [3.63, 3.8) is 0 Å². The molecule has 20 heavy (non-hydrogen) atoms. The van der Waals surface area contributed by atoms with Gasteiger partial charge in [-0.2, -0.15) is 4.31 Å². The number of esters is 1. The lowest BCUT2D eigenvalue weighted by Gasteiger charge is -2.27. The van der Waals surface area contributed by atoms with E-state index in [0.717, 1.165) is 0 Å². The molecule has 7 nitrogen and oxygen atoms in total. The number of rotatable bonds is 8. The van der Waals surface area contributed by atoms with Gasteiger partial charge in [0.1, 0.15) is 0 Å². The summed E-state index contributed by atoms with van der Waals surface area (Å²) in [5.74, 6) is -1.10. The topological polar surface area (TPSA) is 93.1 Å². The maximum atomic E-state index is 12.6. The second-order valence-electron chi connectivity index (χ2n) is 4.76. The number of sulfonamides is 1. The molecule has 1 N–H and O–H groups in total. The zero-order chi connectivity index (χ0) is 15.2. The van der Waals surface area contributed by atoms with E-state index in [4.69, 9.17) is 9.84 Å². The Morgan fingerprint density at radius 2 is 2.00 bits per heavy atom. The smallest absolute Gasteiger partial charge is 0.310 e. The van der Waals surface area contributed by atoms with Crippen LogP contribution in [-0.4, -0.2) is 69.6 Å². The van der Waals surface area contributed by atoms with E-state index in [0.29, 0.717) is 19.3 Å². The van der Waals surface area contributed by atoms with E-state index in [1.165, 1.54) is 18.5 Å². The quantitative estimate of drug-likeness (QED) is 0.613. The molecule has 118 valence electrons. The molecule has 0 bridgehead atoms. The van der Waals surface area contributed by atoms with Crippen LogP contribution < -0.4 is 0 Å². The lowest BCUT2D eigenvalue weighted by Crippen LogP contribution is -2.44. The largest absolute Gasteiger partial charge is 0.469 e. The first kappa shape index (κ1) is 17.4. The van der Waals surface area contributed by atoms with E-state index < -0.39 is 27.2 Å². The van der Waals surface area contributed by atoms with Gasteiger partial charge in [0.25, 0.3) is 0 Å². The number of carbonyl (C=O) groups excluding carboxylic acids is 1. The molecule has 8 heteroatoms. The van der Waals surface area contributed by atoms with Crippen molar-refractivity contribution < 1.29 is 27.8 Å². The van der Waals surface area contributed by atoms with Crippen molar-refractivity contribution in [1.82, 2.24) is 4.31 Å². The SMILES string of the molecule is COCCN(CCO)S(=O)(=O)C1CCCC1C(=O)OC. The molecule has 0 radical (unpaired) electrons. The minimum Gasteiger partial charge on any atom is -0.469 e. The summed E-state index contributed by atoms with van der Waals surface area (Å²) in [6.45, 7) is 0.160. The molecule has 0 spiro atoms. The lowest BCUT2D eigenvalue weighted by molar-refractivity contribution is -0.145. The molecular weight excluding hydrogens is 286 g/mol. The minimum atomic E-state index is -3.65. The van der Waals surface area contributed by atoms with E-state index in [1.807, 2.05) is 0 Å². The highest BCUT2D eigenvalue weighted by molar-refractivity contribution is 7.89. The third-order valence-corrected chi connectivity index (χ3v) is 6.01. The molecule has 2 atom stereocenters. The average Bonchev–Trinajstić information content (AvgIpc) is 2.92. The molecule has 2 unspecified atom stereocenters. The van der Waals surface area contributed by atoms with E-state index in [-0.39, 0.29) is 26.3 Å². The molecule has 1 saturated carbocycles. The number of carbonyl (C=O) groups is 1. The molecular formula is C12H23NO6S. The van der Waals surface area contributed by atoms with E-state index in [2.05, 4.69) is 4.74 Å². The van der Waals surface area contributed by atoms with Gasteiger partial charge in [0.05, 0.1) is 31.5 Å². The van der Waals surface area contributed by atoms with Crippen molar-refractivity contribution >= 4 is 16.0 Å². The predicted octanol–water partition coefficient (Wildman–Crippen LogP) is -0.401. The van der Waals surface area contributed by atoms with Crippen LogP contribution in [-0.2, 0) is 24.3 Å². The standard InChI is InChI=1S/C12H23NO6S/c1-18-9-7-13(6-8-14)20(16,17)11-5-3-4-10(11)12(15)19-2/h10-11,14H,3-9H2,1-2H3. The van der Waals surface area contributed by atoms with Crippen LogP contribution in [0.3, 0.4) is 0 Å². The van der Waals surface area contributed by atoms with Crippen molar-refractivity contribution in [2.45, 2.75) is 24.5 Å². The number of ether oxygens (including phenoxy) is 2. The molecule has 0 aliphatic heterocycles. The van der Waals surface area contributed by atoms with Gasteiger partial charge in [0, 0.05) is 20.2 Å². The van der Waals surface area contributed by atoms with Crippen LogP contribution in [0.25, 0.3) is 0 Å². The summed E-state index contributed by atoms with van der Waals surface area (Å²) >= 11 is 0. The van der Waals surface area contributed by atoms with Gasteiger partial charge in [0.15, 0.2) is 0 Å². The molecule has 1 rings (SSSR count). The van der Waals surface area contributed by atoms with Crippen molar-refractivity contribution in [3.8, 4) is 0 Å². The van der Waals surface area contributed by atoms with Gasteiger partial charge in [-0.25, -0.2) is 8.42 Å². The first-order valence-electron chi connectivity index (χ1n) is 6.65. The zero-order valence-electron chi connectivity index (χ0n) is 11.9. The van der Waals surface area contributed by atoms with Crippen molar-refractivity contribution in [3.05, 3.63) is 0 Å². The molecule has 1 aliphatic rings. The Bertz CT molecular complexity index is 410. The van der Waals surface area contributed by atoms with Crippen molar-refractivity contribution in [2.24, 2.45) is 5.92 Å². The Morgan fingerprint density at radius 3 is 2.55 bits per heavy atom. The fraction of sp³-hybridized carbons (Fsp3) is 0.917. The highest BCUT2D eigenvalue weighted by atomic mass is 32.2. The third kappa shape index (κ3) is 3.91. The summed E-state index contributed by atoms with van der Waals surface area (Å²) in [6.07, 6.45) is 1.64. The Hall–Kier alpha value is -0.700. The molecule has 0 saturated heterocycles. The molecule has 1 fully saturated rings. The van der Waals surface area contributed by atoms with Crippen molar-refractivity contribution in [1.29, 1.82) is 0 Å². The van der Waals surface area contributed by atoms with Crippen LogP contribution in [0.1, 0.15) is 19.3 Å². The summed E-state index contributed by atoms with van der Waals surface area (Å²) in [5, 5.41) is 8.26. The normalized spacial score (nSPS) is 23.2. The summed E-state index contributed by atoms with van der Waals surface area (Å²) in [4.78, 5) is 11.7. The molecule has 0 heterocycles. The van der Waals surface area contributed by atoms with Crippen molar-refractivity contribution in [2.75, 3.05) is 40.5 Å². The maximum Gasteiger partial charge on any atom is 0.310 e. The second-order valence-corrected chi connectivity index (χ2v) is 6.91. The van der Waals surface area contributed by atoms with Crippen LogP contribution >= 0.6 is 0 Å². The molecule has 0 aromatic heterocycles. The Morgan fingerprint density at radius 1 is 1.30 bits per heavy atom. The van der Waals surface area contributed by atoms with E-state index in [1.54, 1.807) is 0 Å². The maximum absolute atomic E-state index is 12.6. The summed E-state index contributed by atoms with van der Waals surface area (Å²) in [5.41, 5.74) is 0. The highest BCUT2D eigenvalue weighted by Gasteiger charge is 2.44. The van der Waals surface area contributed by atoms with Crippen LogP contribution in [0.4, 0.5) is 0 Å². The number of aliphatic hydroxyl groups is 1. The second kappa shape index (κ2) is 7.92. The van der Waals surface area contributed by atoms with Gasteiger partial charge in [-0.1, -0.05) is 6.42 Å². The molecule has 0 amide bonds. The monoisotopic (exact) mass is 309 g/mol. The zero-order valence-corrected chi connectivity index (χ0v) is 12.8. The summed E-state index contributed by atoms with van der Waals surface area (Å²) < 4.78 is 36.0. The van der Waals surface area contributed by atoms with Crippen LogP contribution in [0, 0.1) is 5.92 Å². The van der Waals surface area contributed by atoms with E-state index >= 15 is 0 Å². The molecule has 1 aliphatic carbocycles. The fourth-order valence-corrected chi connectivity index (χ4v) is 4.74. The van der Waals surface area contributed by atoms with Crippen LogP contribution in [0.2, 0.25) is 0 Å². The molecule has 0 aromatic carbocycles. The highest BCUT2D eigenvalue weighted by Crippen LogP contribution is 2.33. The number of aliphatic hydroxyl groups excluding tert-OH is 1. The van der Waals surface area contributed by atoms with Crippen LogP contribution in [0.5, 0.6) is 0 Å². The first-order valence-corrected chi connectivity index (χ1v) is 8.16. The first-order chi connectivity index (χ1) is 9.48. The van der Waals surface area contributed by atoms with Gasteiger partial charge in [0.2, 0.25) is 10.0 Å². The number of nitrogens with zero attached hydrogens (tertiary/aromatic N) is 1. The van der Waals surface area contributed by atoms with Gasteiger partial charge in [-0.3, -0.25) is 4.79 Å². The Labute approximate surface area is 119 Å². The summed E-state index contributed by atoms with van der Waals surface area (Å²) in [6, 6.07) is 0. The minimum absolute atomic E-state index is 0.0100. The number of hydrogen-bond acceptors (Lipinski definition) is 6. The van der Waals surface area contributed by atoms with Gasteiger partial charge in [-0.05, 0) is 12.8 Å². The molecule has 0 aromatic rings. The Balaban J connectivity index is 2.90. The Kier molecular flexibility index (Phi) is 6.87.